The monoisotopic (exact) mass is 291 g/mol. The lowest BCUT2D eigenvalue weighted by Gasteiger charge is -2.28. The Morgan fingerprint density at radius 2 is 1.86 bits per heavy atom. The highest BCUT2D eigenvalue weighted by atomic mass is 16.5. The highest BCUT2D eigenvalue weighted by Crippen LogP contribution is 2.33. The van der Waals surface area contributed by atoms with Crippen LogP contribution in [0.4, 0.5) is 0 Å². The van der Waals surface area contributed by atoms with Crippen LogP contribution in [0.25, 0.3) is 0 Å². The topological polar surface area (TPSA) is 30.5 Å². The van der Waals surface area contributed by atoms with Gasteiger partial charge in [-0.15, -0.1) is 0 Å². The van der Waals surface area contributed by atoms with E-state index in [0.717, 1.165) is 30.5 Å². The van der Waals surface area contributed by atoms with Crippen molar-refractivity contribution in [3.05, 3.63) is 23.8 Å². The highest BCUT2D eigenvalue weighted by molar-refractivity contribution is 5.43. The Morgan fingerprint density at radius 1 is 1.10 bits per heavy atom. The number of rotatable bonds is 7. The van der Waals surface area contributed by atoms with E-state index in [9.17, 15) is 0 Å². The number of methoxy groups -OCH3 is 1. The zero-order valence-corrected chi connectivity index (χ0v) is 13.7. The van der Waals surface area contributed by atoms with Gasteiger partial charge in [0.1, 0.15) is 0 Å². The second-order valence-electron chi connectivity index (χ2n) is 5.93. The van der Waals surface area contributed by atoms with Crippen LogP contribution in [0, 0.1) is 5.92 Å². The first kappa shape index (κ1) is 16.2. The number of hydrogen-bond donors (Lipinski definition) is 1. The zero-order chi connectivity index (χ0) is 15.1. The number of benzene rings is 1. The summed E-state index contributed by atoms with van der Waals surface area (Å²) in [5.74, 6) is 2.63. The standard InChI is InChI=1S/C18H29NO2/c1-4-14-6-9-16(10-7-14)21-17-11-8-15(13-19-5-2)12-18(17)20-3/h8,11-12,14,16,19H,4-7,9-10,13H2,1-3H3. The van der Waals surface area contributed by atoms with Crippen molar-refractivity contribution >= 4 is 0 Å². The molecule has 0 aromatic heterocycles. The lowest BCUT2D eigenvalue weighted by molar-refractivity contribution is 0.126. The molecule has 0 saturated heterocycles. The minimum absolute atomic E-state index is 0.348. The SMILES string of the molecule is CCNCc1ccc(OC2CCC(CC)CC2)c(OC)c1. The first-order valence-corrected chi connectivity index (χ1v) is 8.31. The molecule has 1 aliphatic carbocycles. The second kappa shape index (κ2) is 8.28. The Balaban J connectivity index is 1.96. The summed E-state index contributed by atoms with van der Waals surface area (Å²) in [7, 11) is 1.72. The van der Waals surface area contributed by atoms with Crippen LogP contribution in [0.3, 0.4) is 0 Å². The minimum Gasteiger partial charge on any atom is -0.493 e. The van der Waals surface area contributed by atoms with Gasteiger partial charge in [-0.05, 0) is 55.8 Å². The van der Waals surface area contributed by atoms with Crippen molar-refractivity contribution in [1.29, 1.82) is 0 Å². The zero-order valence-electron chi connectivity index (χ0n) is 13.7. The fourth-order valence-electron chi connectivity index (χ4n) is 3.03. The first-order valence-electron chi connectivity index (χ1n) is 8.31. The van der Waals surface area contributed by atoms with Gasteiger partial charge in [0, 0.05) is 6.54 Å². The van der Waals surface area contributed by atoms with E-state index in [-0.39, 0.29) is 0 Å². The Morgan fingerprint density at radius 3 is 2.48 bits per heavy atom. The van der Waals surface area contributed by atoms with Gasteiger partial charge in [0.15, 0.2) is 11.5 Å². The summed E-state index contributed by atoms with van der Waals surface area (Å²) in [4.78, 5) is 0. The lowest BCUT2D eigenvalue weighted by Crippen LogP contribution is -2.24. The normalized spacial score (nSPS) is 22.0. The summed E-state index contributed by atoms with van der Waals surface area (Å²) in [5.41, 5.74) is 1.23. The molecule has 0 radical (unpaired) electrons. The predicted molar refractivity (Wildman–Crippen MR) is 87.0 cm³/mol. The summed E-state index contributed by atoms with van der Waals surface area (Å²) in [6.45, 7) is 6.25. The summed E-state index contributed by atoms with van der Waals surface area (Å²) in [5, 5.41) is 3.33. The number of hydrogen-bond acceptors (Lipinski definition) is 3. The maximum absolute atomic E-state index is 6.18. The second-order valence-corrected chi connectivity index (χ2v) is 5.93. The molecule has 0 amide bonds. The first-order chi connectivity index (χ1) is 10.3. The molecule has 0 bridgehead atoms. The molecule has 0 spiro atoms. The summed E-state index contributed by atoms with van der Waals surface area (Å²) >= 11 is 0. The van der Waals surface area contributed by atoms with Gasteiger partial charge in [-0.3, -0.25) is 0 Å². The van der Waals surface area contributed by atoms with Crippen LogP contribution in [0.5, 0.6) is 11.5 Å². The van der Waals surface area contributed by atoms with E-state index < -0.39 is 0 Å². The van der Waals surface area contributed by atoms with Gasteiger partial charge in [0.05, 0.1) is 13.2 Å². The van der Waals surface area contributed by atoms with Crippen molar-refractivity contribution in [3.63, 3.8) is 0 Å². The third-order valence-electron chi connectivity index (χ3n) is 4.47. The third kappa shape index (κ3) is 4.63. The van der Waals surface area contributed by atoms with Crippen LogP contribution in [0.15, 0.2) is 18.2 Å². The Kier molecular flexibility index (Phi) is 6.37. The molecular formula is C18H29NO2. The van der Waals surface area contributed by atoms with E-state index >= 15 is 0 Å². The van der Waals surface area contributed by atoms with Crippen molar-refractivity contribution in [3.8, 4) is 11.5 Å². The van der Waals surface area contributed by atoms with Crippen LogP contribution >= 0.6 is 0 Å². The molecule has 2 rings (SSSR count). The van der Waals surface area contributed by atoms with Crippen molar-refractivity contribution < 1.29 is 9.47 Å². The average molecular weight is 291 g/mol. The smallest absolute Gasteiger partial charge is 0.161 e. The molecule has 3 heteroatoms. The lowest BCUT2D eigenvalue weighted by atomic mass is 9.86. The Labute approximate surface area is 129 Å². The summed E-state index contributed by atoms with van der Waals surface area (Å²) in [6, 6.07) is 6.26. The molecule has 0 atom stereocenters. The van der Waals surface area contributed by atoms with Gasteiger partial charge in [-0.2, -0.15) is 0 Å². The molecule has 118 valence electrons. The molecule has 0 unspecified atom stereocenters. The Hall–Kier alpha value is -1.22. The van der Waals surface area contributed by atoms with Gasteiger partial charge >= 0.3 is 0 Å². The highest BCUT2D eigenvalue weighted by Gasteiger charge is 2.22. The minimum atomic E-state index is 0.348. The van der Waals surface area contributed by atoms with Crippen molar-refractivity contribution in [2.45, 2.75) is 58.6 Å². The quantitative estimate of drug-likeness (QED) is 0.818. The van der Waals surface area contributed by atoms with E-state index in [4.69, 9.17) is 9.47 Å². The van der Waals surface area contributed by atoms with E-state index in [1.165, 1.54) is 37.7 Å². The largest absolute Gasteiger partial charge is 0.493 e. The maximum atomic E-state index is 6.18. The maximum Gasteiger partial charge on any atom is 0.161 e. The predicted octanol–water partition coefficient (Wildman–Crippen LogP) is 4.15. The van der Waals surface area contributed by atoms with Gasteiger partial charge in [0.2, 0.25) is 0 Å². The molecule has 0 heterocycles. The molecule has 1 aromatic rings. The molecule has 21 heavy (non-hydrogen) atoms. The summed E-state index contributed by atoms with van der Waals surface area (Å²) in [6.07, 6.45) is 6.57. The third-order valence-corrected chi connectivity index (χ3v) is 4.47. The number of ether oxygens (including phenoxy) is 2. The Bertz CT molecular complexity index is 425. The molecule has 1 aliphatic rings. The van der Waals surface area contributed by atoms with Gasteiger partial charge < -0.3 is 14.8 Å². The van der Waals surface area contributed by atoms with Crippen molar-refractivity contribution in [2.24, 2.45) is 5.92 Å². The van der Waals surface area contributed by atoms with Gasteiger partial charge in [0.25, 0.3) is 0 Å². The average Bonchev–Trinajstić information content (AvgIpc) is 2.54. The van der Waals surface area contributed by atoms with Gasteiger partial charge in [-0.25, -0.2) is 0 Å². The molecule has 3 nitrogen and oxygen atoms in total. The molecule has 1 fully saturated rings. The fourth-order valence-corrected chi connectivity index (χ4v) is 3.03. The number of nitrogens with one attached hydrogen (secondary N) is 1. The molecule has 1 saturated carbocycles. The van der Waals surface area contributed by atoms with Crippen molar-refractivity contribution in [1.82, 2.24) is 5.32 Å². The van der Waals surface area contributed by atoms with Crippen LogP contribution < -0.4 is 14.8 Å². The van der Waals surface area contributed by atoms with Crippen LogP contribution in [0.1, 0.15) is 51.5 Å². The fraction of sp³-hybridized carbons (Fsp3) is 0.667. The molecular weight excluding hydrogens is 262 g/mol. The van der Waals surface area contributed by atoms with Gasteiger partial charge in [-0.1, -0.05) is 26.3 Å². The molecule has 1 N–H and O–H groups in total. The van der Waals surface area contributed by atoms with E-state index in [0.29, 0.717) is 6.10 Å². The van der Waals surface area contributed by atoms with E-state index in [1.54, 1.807) is 7.11 Å². The molecule has 0 aliphatic heterocycles. The van der Waals surface area contributed by atoms with Crippen molar-refractivity contribution in [2.75, 3.05) is 13.7 Å². The van der Waals surface area contributed by atoms with Crippen LogP contribution in [-0.2, 0) is 6.54 Å². The van der Waals surface area contributed by atoms with E-state index in [1.807, 2.05) is 0 Å². The van der Waals surface area contributed by atoms with E-state index in [2.05, 4.69) is 37.4 Å². The summed E-state index contributed by atoms with van der Waals surface area (Å²) < 4.78 is 11.7. The molecule has 1 aromatic carbocycles. The van der Waals surface area contributed by atoms with Crippen LogP contribution in [0.2, 0.25) is 0 Å². The van der Waals surface area contributed by atoms with Crippen LogP contribution in [-0.4, -0.2) is 19.8 Å².